The Morgan fingerprint density at radius 3 is 2.20 bits per heavy atom. The van der Waals surface area contributed by atoms with Crippen LogP contribution in [0.3, 0.4) is 0 Å². The molecular formula is C15H15N5. The van der Waals surface area contributed by atoms with Crippen LogP contribution in [0, 0.1) is 0 Å². The van der Waals surface area contributed by atoms with Gasteiger partial charge >= 0.3 is 0 Å². The van der Waals surface area contributed by atoms with Gasteiger partial charge in [-0.05, 0) is 21.6 Å². The fraction of sp³-hybridized carbons (Fsp3) is 0.133. The van der Waals surface area contributed by atoms with Crippen LogP contribution >= 0.6 is 0 Å². The Balaban J connectivity index is 1.68. The number of nitrogens with zero attached hydrogens (tertiary/aromatic N) is 4. The maximum atomic E-state index is 4.02. The van der Waals surface area contributed by atoms with Crippen LogP contribution in [0.2, 0.25) is 0 Å². The zero-order valence-electron chi connectivity index (χ0n) is 11.0. The molecule has 0 fully saturated rings. The molecule has 0 unspecified atom stereocenters. The molecule has 0 saturated carbocycles. The fourth-order valence-electron chi connectivity index (χ4n) is 1.97. The summed E-state index contributed by atoms with van der Waals surface area (Å²) in [5.41, 5.74) is 2.37. The average Bonchev–Trinajstić information content (AvgIpc) is 2.94. The van der Waals surface area contributed by atoms with Crippen LogP contribution in [0.5, 0.6) is 0 Å². The first kappa shape index (κ1) is 12.3. The second kappa shape index (κ2) is 5.97. The summed E-state index contributed by atoms with van der Waals surface area (Å²) in [5, 5.41) is 15.0. The third-order valence-electron chi connectivity index (χ3n) is 3.00. The minimum Gasteiger partial charge on any atom is -0.349 e. The van der Waals surface area contributed by atoms with Gasteiger partial charge in [0.1, 0.15) is 0 Å². The van der Waals surface area contributed by atoms with E-state index in [9.17, 15) is 0 Å². The van der Waals surface area contributed by atoms with Crippen LogP contribution in [0.15, 0.2) is 60.7 Å². The molecule has 100 valence electrons. The van der Waals surface area contributed by atoms with E-state index in [0.717, 1.165) is 0 Å². The monoisotopic (exact) mass is 265 g/mol. The molecule has 0 aliphatic carbocycles. The molecule has 3 aromatic rings. The van der Waals surface area contributed by atoms with Crippen molar-refractivity contribution >= 4 is 5.95 Å². The summed E-state index contributed by atoms with van der Waals surface area (Å²) in [6.45, 7) is 1.36. The molecular weight excluding hydrogens is 250 g/mol. The Bertz CT molecular complexity index is 648. The Morgan fingerprint density at radius 1 is 0.850 bits per heavy atom. The van der Waals surface area contributed by atoms with Crippen molar-refractivity contribution in [2.75, 3.05) is 5.32 Å². The standard InChI is InChI=1S/C15H15N5/c1-3-7-13(8-4-1)11-16-15-17-18-19-20(15)12-14-9-5-2-6-10-14/h1-10H,11-12H2,(H,16,17,19). The van der Waals surface area contributed by atoms with Gasteiger partial charge in [0.05, 0.1) is 6.54 Å². The van der Waals surface area contributed by atoms with Gasteiger partial charge in [0.15, 0.2) is 0 Å². The van der Waals surface area contributed by atoms with Crippen molar-refractivity contribution < 1.29 is 0 Å². The summed E-state index contributed by atoms with van der Waals surface area (Å²) < 4.78 is 1.76. The number of hydrogen-bond acceptors (Lipinski definition) is 4. The van der Waals surface area contributed by atoms with E-state index in [4.69, 9.17) is 0 Å². The van der Waals surface area contributed by atoms with Crippen molar-refractivity contribution in [3.63, 3.8) is 0 Å². The molecule has 1 heterocycles. The van der Waals surface area contributed by atoms with E-state index in [1.807, 2.05) is 36.4 Å². The maximum Gasteiger partial charge on any atom is 0.243 e. The number of rotatable bonds is 5. The van der Waals surface area contributed by atoms with Gasteiger partial charge in [-0.25, -0.2) is 4.68 Å². The number of nitrogens with one attached hydrogen (secondary N) is 1. The van der Waals surface area contributed by atoms with Gasteiger partial charge in [-0.15, -0.1) is 0 Å². The van der Waals surface area contributed by atoms with Gasteiger partial charge in [0.2, 0.25) is 5.95 Å². The van der Waals surface area contributed by atoms with E-state index in [1.54, 1.807) is 4.68 Å². The topological polar surface area (TPSA) is 55.6 Å². The third-order valence-corrected chi connectivity index (χ3v) is 3.00. The lowest BCUT2D eigenvalue weighted by molar-refractivity contribution is 0.651. The van der Waals surface area contributed by atoms with E-state index in [1.165, 1.54) is 11.1 Å². The smallest absolute Gasteiger partial charge is 0.243 e. The first-order chi connectivity index (χ1) is 9.92. The maximum absolute atomic E-state index is 4.02. The van der Waals surface area contributed by atoms with Crippen molar-refractivity contribution in [1.29, 1.82) is 0 Å². The Hall–Kier alpha value is -2.69. The summed E-state index contributed by atoms with van der Waals surface area (Å²) in [6, 6.07) is 20.3. The molecule has 0 saturated heterocycles. The van der Waals surface area contributed by atoms with Crippen molar-refractivity contribution in [3.8, 4) is 0 Å². The predicted molar refractivity (Wildman–Crippen MR) is 77.1 cm³/mol. The quantitative estimate of drug-likeness (QED) is 0.769. The SMILES string of the molecule is c1ccc(CNc2nnnn2Cc2ccccc2)cc1. The molecule has 3 rings (SSSR count). The minimum absolute atomic E-state index is 0.658. The van der Waals surface area contributed by atoms with Gasteiger partial charge in [0.25, 0.3) is 0 Å². The second-order valence-corrected chi connectivity index (χ2v) is 4.48. The van der Waals surface area contributed by atoms with Crippen LogP contribution < -0.4 is 5.32 Å². The Labute approximate surface area is 117 Å². The van der Waals surface area contributed by atoms with E-state index in [0.29, 0.717) is 19.0 Å². The van der Waals surface area contributed by atoms with Gasteiger partial charge < -0.3 is 5.32 Å². The van der Waals surface area contributed by atoms with Crippen LogP contribution in [-0.2, 0) is 13.1 Å². The van der Waals surface area contributed by atoms with Crippen molar-refractivity contribution in [2.45, 2.75) is 13.1 Å². The van der Waals surface area contributed by atoms with Gasteiger partial charge in [-0.2, -0.15) is 0 Å². The zero-order valence-corrected chi connectivity index (χ0v) is 11.0. The van der Waals surface area contributed by atoms with Gasteiger partial charge in [0, 0.05) is 6.54 Å². The van der Waals surface area contributed by atoms with E-state index >= 15 is 0 Å². The van der Waals surface area contributed by atoms with Crippen molar-refractivity contribution in [3.05, 3.63) is 71.8 Å². The molecule has 5 nitrogen and oxygen atoms in total. The summed E-state index contributed by atoms with van der Waals surface area (Å²) >= 11 is 0. The van der Waals surface area contributed by atoms with Crippen LogP contribution in [0.1, 0.15) is 11.1 Å². The Morgan fingerprint density at radius 2 is 1.50 bits per heavy atom. The minimum atomic E-state index is 0.658. The molecule has 20 heavy (non-hydrogen) atoms. The second-order valence-electron chi connectivity index (χ2n) is 4.48. The predicted octanol–water partition coefficient (Wildman–Crippen LogP) is 2.33. The van der Waals surface area contributed by atoms with E-state index in [-0.39, 0.29) is 0 Å². The molecule has 2 aromatic carbocycles. The largest absolute Gasteiger partial charge is 0.349 e. The van der Waals surface area contributed by atoms with E-state index in [2.05, 4.69) is 45.1 Å². The highest BCUT2D eigenvalue weighted by Crippen LogP contribution is 2.08. The molecule has 0 atom stereocenters. The average molecular weight is 265 g/mol. The van der Waals surface area contributed by atoms with Crippen LogP contribution in [0.25, 0.3) is 0 Å². The first-order valence-electron chi connectivity index (χ1n) is 6.50. The highest BCUT2D eigenvalue weighted by atomic mass is 15.6. The lowest BCUT2D eigenvalue weighted by atomic mass is 10.2. The van der Waals surface area contributed by atoms with E-state index < -0.39 is 0 Å². The fourth-order valence-corrected chi connectivity index (χ4v) is 1.97. The van der Waals surface area contributed by atoms with Crippen molar-refractivity contribution in [1.82, 2.24) is 20.2 Å². The normalized spacial score (nSPS) is 10.4. The summed E-state index contributed by atoms with van der Waals surface area (Å²) in [6.07, 6.45) is 0. The molecule has 0 radical (unpaired) electrons. The number of anilines is 1. The highest BCUT2D eigenvalue weighted by Gasteiger charge is 2.05. The van der Waals surface area contributed by atoms with Crippen LogP contribution in [-0.4, -0.2) is 20.2 Å². The number of aromatic nitrogens is 4. The van der Waals surface area contributed by atoms with Crippen LogP contribution in [0.4, 0.5) is 5.95 Å². The number of hydrogen-bond donors (Lipinski definition) is 1. The number of tetrazole rings is 1. The molecule has 1 N–H and O–H groups in total. The number of benzene rings is 2. The molecule has 0 aliphatic rings. The molecule has 1 aromatic heterocycles. The van der Waals surface area contributed by atoms with Gasteiger partial charge in [-0.3, -0.25) is 0 Å². The highest BCUT2D eigenvalue weighted by molar-refractivity contribution is 5.27. The van der Waals surface area contributed by atoms with Gasteiger partial charge in [-0.1, -0.05) is 65.8 Å². The summed E-state index contributed by atoms with van der Waals surface area (Å²) in [7, 11) is 0. The zero-order chi connectivity index (χ0) is 13.6. The molecule has 5 heteroatoms. The summed E-state index contributed by atoms with van der Waals surface area (Å²) in [4.78, 5) is 0. The summed E-state index contributed by atoms with van der Waals surface area (Å²) in [5.74, 6) is 0.678. The lowest BCUT2D eigenvalue weighted by Crippen LogP contribution is -2.09. The molecule has 0 amide bonds. The molecule has 0 bridgehead atoms. The first-order valence-corrected chi connectivity index (χ1v) is 6.50. The van der Waals surface area contributed by atoms with Crippen molar-refractivity contribution in [2.24, 2.45) is 0 Å². The lowest BCUT2D eigenvalue weighted by Gasteiger charge is -2.07. The molecule has 0 aliphatic heterocycles. The third kappa shape index (κ3) is 3.00. The molecule has 0 spiro atoms. The Kier molecular flexibility index (Phi) is 3.68.